The first kappa shape index (κ1) is 16.6. The van der Waals surface area contributed by atoms with Gasteiger partial charge < -0.3 is 10.1 Å². The van der Waals surface area contributed by atoms with Gasteiger partial charge in [0.2, 0.25) is 10.0 Å². The lowest BCUT2D eigenvalue weighted by molar-refractivity contribution is 0.329. The predicted octanol–water partition coefficient (Wildman–Crippen LogP) is 2.61. The van der Waals surface area contributed by atoms with Crippen molar-refractivity contribution in [3.05, 3.63) is 30.5 Å². The number of benzene rings is 1. The van der Waals surface area contributed by atoms with Crippen molar-refractivity contribution in [2.24, 2.45) is 0 Å². The molecule has 1 aromatic carbocycles. The van der Waals surface area contributed by atoms with Crippen LogP contribution in [0, 0.1) is 0 Å². The molecule has 2 aromatic rings. The highest BCUT2D eigenvalue weighted by Gasteiger charge is 2.41. The van der Waals surface area contributed by atoms with Crippen LogP contribution in [0.25, 0.3) is 10.9 Å². The lowest BCUT2D eigenvalue weighted by Gasteiger charge is -2.32. The van der Waals surface area contributed by atoms with Crippen LogP contribution in [0.15, 0.2) is 30.5 Å². The van der Waals surface area contributed by atoms with Crippen molar-refractivity contribution in [1.29, 1.82) is 0 Å². The Hall–Kier alpha value is -1.86. The van der Waals surface area contributed by atoms with E-state index in [-0.39, 0.29) is 11.3 Å². The average Bonchev–Trinajstić information content (AvgIpc) is 3.48. The molecule has 4 rings (SSSR count). The fraction of sp³-hybridized carbons (Fsp3) is 0.500. The minimum Gasteiger partial charge on any atom is -0.494 e. The van der Waals surface area contributed by atoms with Crippen molar-refractivity contribution in [1.82, 2.24) is 9.29 Å². The van der Waals surface area contributed by atoms with Crippen LogP contribution in [0.1, 0.15) is 25.7 Å². The molecule has 1 saturated carbocycles. The minimum absolute atomic E-state index is 0.117. The second-order valence-electron chi connectivity index (χ2n) is 6.78. The third kappa shape index (κ3) is 3.18. The predicted molar refractivity (Wildman–Crippen MR) is 98.5 cm³/mol. The van der Waals surface area contributed by atoms with Gasteiger partial charge in [-0.1, -0.05) is 12.1 Å². The number of nitrogens with one attached hydrogen (secondary N) is 1. The first-order valence-electron chi connectivity index (χ1n) is 8.77. The molecule has 0 spiro atoms. The maximum absolute atomic E-state index is 12.3. The lowest BCUT2D eigenvalue weighted by atomic mass is 10.1. The molecule has 1 saturated heterocycles. The summed E-state index contributed by atoms with van der Waals surface area (Å²) in [6.07, 6.45) is 5.07. The molecule has 6 nitrogen and oxygen atoms in total. The number of piperidine rings is 1. The third-order valence-corrected chi connectivity index (χ3v) is 7.47. The summed E-state index contributed by atoms with van der Waals surface area (Å²) in [7, 11) is -1.40. The van der Waals surface area contributed by atoms with Gasteiger partial charge in [0.15, 0.2) is 0 Å². The maximum Gasteiger partial charge on any atom is 0.216 e. The molecule has 1 aliphatic carbocycles. The zero-order valence-corrected chi connectivity index (χ0v) is 15.1. The summed E-state index contributed by atoms with van der Waals surface area (Å²) in [5.41, 5.74) is 1.86. The van der Waals surface area contributed by atoms with Gasteiger partial charge in [-0.15, -0.1) is 0 Å². The van der Waals surface area contributed by atoms with Gasteiger partial charge in [-0.05, 0) is 37.8 Å². The van der Waals surface area contributed by atoms with E-state index in [4.69, 9.17) is 4.74 Å². The van der Waals surface area contributed by atoms with E-state index < -0.39 is 10.0 Å². The fourth-order valence-corrected chi connectivity index (χ4v) is 5.36. The quantitative estimate of drug-likeness (QED) is 0.886. The van der Waals surface area contributed by atoms with Gasteiger partial charge in [-0.3, -0.25) is 4.98 Å². The van der Waals surface area contributed by atoms with Crippen molar-refractivity contribution in [3.63, 3.8) is 0 Å². The minimum atomic E-state index is -3.05. The van der Waals surface area contributed by atoms with Crippen LogP contribution in [0.2, 0.25) is 0 Å². The van der Waals surface area contributed by atoms with Crippen molar-refractivity contribution in [3.8, 4) is 5.75 Å². The molecular weight excluding hydrogens is 338 g/mol. The summed E-state index contributed by atoms with van der Waals surface area (Å²) in [5.74, 6) is 0.756. The van der Waals surface area contributed by atoms with E-state index in [9.17, 15) is 8.42 Å². The van der Waals surface area contributed by atoms with E-state index in [0.29, 0.717) is 13.1 Å². The van der Waals surface area contributed by atoms with E-state index in [0.717, 1.165) is 48.0 Å². The molecule has 2 heterocycles. The molecule has 0 atom stereocenters. The molecule has 1 N–H and O–H groups in total. The molecule has 0 bridgehead atoms. The van der Waals surface area contributed by atoms with Gasteiger partial charge in [0.1, 0.15) is 11.3 Å². The molecule has 2 fully saturated rings. The molecule has 0 amide bonds. The highest BCUT2D eigenvalue weighted by atomic mass is 32.2. The number of fused-ring (bicyclic) bond motifs is 1. The number of sulfonamides is 1. The van der Waals surface area contributed by atoms with Gasteiger partial charge >= 0.3 is 0 Å². The number of hydrogen-bond acceptors (Lipinski definition) is 5. The number of ether oxygens (including phenoxy) is 1. The summed E-state index contributed by atoms with van der Waals surface area (Å²) in [5, 5.41) is 4.48. The zero-order valence-electron chi connectivity index (χ0n) is 14.3. The van der Waals surface area contributed by atoms with Crippen molar-refractivity contribution < 1.29 is 13.2 Å². The lowest BCUT2D eigenvalue weighted by Crippen LogP contribution is -2.43. The molecule has 1 aromatic heterocycles. The highest BCUT2D eigenvalue weighted by molar-refractivity contribution is 7.90. The summed E-state index contributed by atoms with van der Waals surface area (Å²) < 4.78 is 31.7. The third-order valence-electron chi connectivity index (χ3n) is 5.07. The monoisotopic (exact) mass is 361 g/mol. The second kappa shape index (κ2) is 6.46. The normalized spacial score (nSPS) is 19.9. The van der Waals surface area contributed by atoms with Crippen molar-refractivity contribution >= 4 is 26.6 Å². The first-order chi connectivity index (χ1) is 12.1. The number of nitrogens with zero attached hydrogens (tertiary/aromatic N) is 2. The smallest absolute Gasteiger partial charge is 0.216 e. The first-order valence-corrected chi connectivity index (χ1v) is 10.3. The molecule has 2 aliphatic rings. The number of pyridine rings is 1. The highest BCUT2D eigenvalue weighted by Crippen LogP contribution is 2.33. The standard InChI is InChI=1S/C18H23N3O3S/c1-24-17-4-2-3-15-16(7-10-19-18(15)17)20-13-8-11-21(12-9-13)25(22,23)14-5-6-14/h2-4,7,10,13-14H,5-6,8-9,11-12H2,1H3,(H,19,20). The van der Waals surface area contributed by atoms with Crippen molar-refractivity contribution in [2.75, 3.05) is 25.5 Å². The van der Waals surface area contributed by atoms with E-state index >= 15 is 0 Å². The van der Waals surface area contributed by atoms with Crippen LogP contribution in [0.3, 0.4) is 0 Å². The Kier molecular flexibility index (Phi) is 4.29. The second-order valence-corrected chi connectivity index (χ2v) is 8.99. The molecule has 134 valence electrons. The Morgan fingerprint density at radius 2 is 1.92 bits per heavy atom. The number of hydrogen-bond donors (Lipinski definition) is 1. The number of rotatable bonds is 5. The van der Waals surface area contributed by atoms with Crippen molar-refractivity contribution in [2.45, 2.75) is 37.0 Å². The van der Waals surface area contributed by atoms with Crippen LogP contribution in [-0.4, -0.2) is 49.2 Å². The SMILES string of the molecule is COc1cccc2c(NC3CCN(S(=O)(=O)C4CC4)CC3)ccnc12. The summed E-state index contributed by atoms with van der Waals surface area (Å²) in [6, 6.07) is 8.12. The van der Waals surface area contributed by atoms with Gasteiger partial charge in [-0.2, -0.15) is 0 Å². The summed E-state index contributed by atoms with van der Waals surface area (Å²) in [4.78, 5) is 4.42. The number of para-hydroxylation sites is 1. The number of aromatic nitrogens is 1. The van der Waals surface area contributed by atoms with Crippen LogP contribution >= 0.6 is 0 Å². The Bertz CT molecular complexity index is 872. The van der Waals surface area contributed by atoms with E-state index in [2.05, 4.69) is 10.3 Å². The Morgan fingerprint density at radius 3 is 2.60 bits per heavy atom. The summed E-state index contributed by atoms with van der Waals surface area (Å²) >= 11 is 0. The Balaban J connectivity index is 1.48. The van der Waals surface area contributed by atoms with E-state index in [1.54, 1.807) is 17.6 Å². The van der Waals surface area contributed by atoms with E-state index in [1.165, 1.54) is 0 Å². The maximum atomic E-state index is 12.3. The van der Waals surface area contributed by atoms with Gasteiger partial charge in [0.25, 0.3) is 0 Å². The van der Waals surface area contributed by atoms with Gasteiger partial charge in [-0.25, -0.2) is 12.7 Å². The molecule has 7 heteroatoms. The number of anilines is 1. The molecule has 25 heavy (non-hydrogen) atoms. The molecular formula is C18H23N3O3S. The molecule has 1 aliphatic heterocycles. The molecule has 0 unspecified atom stereocenters. The largest absolute Gasteiger partial charge is 0.494 e. The summed E-state index contributed by atoms with van der Waals surface area (Å²) in [6.45, 7) is 1.20. The van der Waals surface area contributed by atoms with Crippen LogP contribution in [-0.2, 0) is 10.0 Å². The van der Waals surface area contributed by atoms with Gasteiger partial charge in [0, 0.05) is 36.4 Å². The van der Waals surface area contributed by atoms with E-state index in [1.807, 2.05) is 24.3 Å². The average molecular weight is 361 g/mol. The molecule has 0 radical (unpaired) electrons. The fourth-order valence-electron chi connectivity index (χ4n) is 3.49. The van der Waals surface area contributed by atoms with Crippen LogP contribution in [0.4, 0.5) is 5.69 Å². The Labute approximate surface area is 148 Å². The number of methoxy groups -OCH3 is 1. The van der Waals surface area contributed by atoms with Gasteiger partial charge in [0.05, 0.1) is 12.4 Å². The topological polar surface area (TPSA) is 71.5 Å². The van der Waals surface area contributed by atoms with Crippen LogP contribution < -0.4 is 10.1 Å². The zero-order chi connectivity index (χ0) is 17.4. The van der Waals surface area contributed by atoms with Crippen LogP contribution in [0.5, 0.6) is 5.75 Å². The Morgan fingerprint density at radius 1 is 1.16 bits per heavy atom.